The highest BCUT2D eigenvalue weighted by Crippen LogP contribution is 2.34. The molecule has 176 valence electrons. The molecule has 0 aliphatic carbocycles. The molecule has 0 bridgehead atoms. The average molecular weight is 489 g/mol. The molecule has 11 heteroatoms. The Morgan fingerprint density at radius 3 is 2.35 bits per heavy atom. The summed E-state index contributed by atoms with van der Waals surface area (Å²) in [4.78, 5) is 26.3. The second-order valence-electron chi connectivity index (χ2n) is 7.42. The van der Waals surface area contributed by atoms with Gasteiger partial charge in [0.15, 0.2) is 0 Å². The quantitative estimate of drug-likeness (QED) is 0.589. The summed E-state index contributed by atoms with van der Waals surface area (Å²) in [6.07, 6.45) is -4.72. The molecule has 7 nitrogen and oxygen atoms in total. The number of fused-ring (bicyclic) bond motifs is 1. The van der Waals surface area contributed by atoms with E-state index in [1.807, 2.05) is 0 Å². The van der Waals surface area contributed by atoms with Gasteiger partial charge in [-0.15, -0.1) is 0 Å². The summed E-state index contributed by atoms with van der Waals surface area (Å²) >= 11 is 0. The standard InChI is InChI=1S/C23H18F3N3O4S/c24-23(25,26)16-7-6-8-17(13-16)29(34(32,33)18-9-2-1-3-10-18)15-22(31)28-14-21(30)27-19-11-4-5-12-20(19)28/h1-13H,14-15H2,(H,27,30). The summed E-state index contributed by atoms with van der Waals surface area (Å²) in [5.41, 5.74) is -0.674. The van der Waals surface area contributed by atoms with E-state index in [2.05, 4.69) is 5.32 Å². The molecule has 2 amide bonds. The van der Waals surface area contributed by atoms with Gasteiger partial charge in [0.1, 0.15) is 13.1 Å². The molecule has 1 aliphatic heterocycles. The Morgan fingerprint density at radius 1 is 0.971 bits per heavy atom. The predicted molar refractivity (Wildman–Crippen MR) is 120 cm³/mol. The van der Waals surface area contributed by atoms with Gasteiger partial charge >= 0.3 is 6.18 Å². The van der Waals surface area contributed by atoms with Crippen LogP contribution in [-0.2, 0) is 25.8 Å². The van der Waals surface area contributed by atoms with E-state index in [4.69, 9.17) is 0 Å². The van der Waals surface area contributed by atoms with E-state index in [0.717, 1.165) is 17.0 Å². The molecule has 0 atom stereocenters. The van der Waals surface area contributed by atoms with Crippen molar-refractivity contribution in [3.8, 4) is 0 Å². The van der Waals surface area contributed by atoms with Crippen molar-refractivity contribution in [3.05, 3.63) is 84.4 Å². The average Bonchev–Trinajstić information content (AvgIpc) is 2.81. The predicted octanol–water partition coefficient (Wildman–Crippen LogP) is 3.89. The number of hydrogen-bond donors (Lipinski definition) is 1. The van der Waals surface area contributed by atoms with E-state index in [9.17, 15) is 31.2 Å². The highest BCUT2D eigenvalue weighted by molar-refractivity contribution is 7.92. The zero-order valence-electron chi connectivity index (χ0n) is 17.5. The van der Waals surface area contributed by atoms with Gasteiger partial charge < -0.3 is 5.32 Å². The van der Waals surface area contributed by atoms with Crippen LogP contribution >= 0.6 is 0 Å². The van der Waals surface area contributed by atoms with Crippen LogP contribution in [0.2, 0.25) is 0 Å². The van der Waals surface area contributed by atoms with Crippen LogP contribution in [0.1, 0.15) is 5.56 Å². The first-order valence-electron chi connectivity index (χ1n) is 10.0. The lowest BCUT2D eigenvalue weighted by atomic mass is 10.2. The Kier molecular flexibility index (Phi) is 6.05. The molecule has 4 rings (SSSR count). The van der Waals surface area contributed by atoms with E-state index in [-0.39, 0.29) is 17.1 Å². The number of hydrogen-bond acceptors (Lipinski definition) is 4. The van der Waals surface area contributed by atoms with Gasteiger partial charge in [-0.05, 0) is 42.5 Å². The van der Waals surface area contributed by atoms with E-state index in [0.29, 0.717) is 21.7 Å². The molecular formula is C23H18F3N3O4S. The number of anilines is 3. The summed E-state index contributed by atoms with van der Waals surface area (Å²) in [7, 11) is -4.42. The Bertz CT molecular complexity index is 1340. The fraction of sp³-hybridized carbons (Fsp3) is 0.130. The molecule has 0 saturated carbocycles. The van der Waals surface area contributed by atoms with Crippen molar-refractivity contribution in [2.75, 3.05) is 27.6 Å². The summed E-state index contributed by atoms with van der Waals surface area (Å²) in [6.45, 7) is -1.18. The van der Waals surface area contributed by atoms with Crippen LogP contribution in [0, 0.1) is 0 Å². The van der Waals surface area contributed by atoms with Crippen LogP contribution in [0.15, 0.2) is 83.8 Å². The van der Waals surface area contributed by atoms with Crippen LogP contribution in [0.25, 0.3) is 0 Å². The van der Waals surface area contributed by atoms with Crippen molar-refractivity contribution in [3.63, 3.8) is 0 Å². The van der Waals surface area contributed by atoms with Crippen LogP contribution < -0.4 is 14.5 Å². The molecule has 1 aliphatic rings. The third-order valence-corrected chi connectivity index (χ3v) is 6.93. The molecule has 3 aromatic carbocycles. The van der Waals surface area contributed by atoms with Crippen LogP contribution in [0.4, 0.5) is 30.2 Å². The van der Waals surface area contributed by atoms with E-state index in [1.165, 1.54) is 30.3 Å². The molecule has 1 heterocycles. The van der Waals surface area contributed by atoms with Crippen molar-refractivity contribution in [1.82, 2.24) is 0 Å². The minimum absolute atomic E-state index is 0.197. The number of rotatable bonds is 5. The maximum Gasteiger partial charge on any atom is 0.416 e. The summed E-state index contributed by atoms with van der Waals surface area (Å²) in [6, 6.07) is 17.3. The molecule has 0 unspecified atom stereocenters. The first-order chi connectivity index (χ1) is 16.1. The lowest BCUT2D eigenvalue weighted by Gasteiger charge is -2.32. The Morgan fingerprint density at radius 2 is 1.65 bits per heavy atom. The third-order valence-electron chi connectivity index (χ3n) is 5.14. The van der Waals surface area contributed by atoms with Crippen molar-refractivity contribution >= 4 is 38.9 Å². The fourth-order valence-corrected chi connectivity index (χ4v) is 4.96. The first kappa shape index (κ1) is 23.3. The van der Waals surface area contributed by atoms with Crippen LogP contribution in [0.3, 0.4) is 0 Å². The molecule has 34 heavy (non-hydrogen) atoms. The number of halogens is 3. The normalized spacial score (nSPS) is 13.7. The zero-order chi connectivity index (χ0) is 24.5. The molecular weight excluding hydrogens is 471 g/mol. The van der Waals surface area contributed by atoms with Crippen molar-refractivity contribution in [2.45, 2.75) is 11.1 Å². The molecule has 0 spiro atoms. The highest BCUT2D eigenvalue weighted by Gasteiger charge is 2.35. The number of alkyl halides is 3. The van der Waals surface area contributed by atoms with Gasteiger partial charge in [-0.2, -0.15) is 13.2 Å². The lowest BCUT2D eigenvalue weighted by molar-refractivity contribution is -0.137. The maximum absolute atomic E-state index is 13.4. The topological polar surface area (TPSA) is 86.8 Å². The molecule has 0 aromatic heterocycles. The number of nitrogens with zero attached hydrogens (tertiary/aromatic N) is 2. The van der Waals surface area contributed by atoms with Gasteiger partial charge in [-0.3, -0.25) is 18.8 Å². The number of carbonyl (C=O) groups excluding carboxylic acids is 2. The van der Waals surface area contributed by atoms with Gasteiger partial charge in [-0.1, -0.05) is 36.4 Å². The number of amides is 2. The smallest absolute Gasteiger partial charge is 0.323 e. The van der Waals surface area contributed by atoms with Crippen LogP contribution in [0.5, 0.6) is 0 Å². The first-order valence-corrected chi connectivity index (χ1v) is 11.5. The molecule has 0 fully saturated rings. The van der Waals surface area contributed by atoms with E-state index in [1.54, 1.807) is 30.3 Å². The maximum atomic E-state index is 13.4. The van der Waals surface area contributed by atoms with Crippen LogP contribution in [-0.4, -0.2) is 33.3 Å². The monoisotopic (exact) mass is 489 g/mol. The van der Waals surface area contributed by atoms with Crippen molar-refractivity contribution < 1.29 is 31.2 Å². The molecule has 1 N–H and O–H groups in total. The summed E-state index contributed by atoms with van der Waals surface area (Å²) < 4.78 is 67.4. The fourth-order valence-electron chi connectivity index (χ4n) is 3.54. The lowest BCUT2D eigenvalue weighted by Crippen LogP contribution is -2.48. The second kappa shape index (κ2) is 8.82. The third kappa shape index (κ3) is 4.60. The van der Waals surface area contributed by atoms with Crippen molar-refractivity contribution in [2.24, 2.45) is 0 Å². The number of carbonyl (C=O) groups is 2. The Labute approximate surface area is 193 Å². The number of benzene rings is 3. The van der Waals surface area contributed by atoms with Gasteiger partial charge in [0.05, 0.1) is 27.5 Å². The number of nitrogens with one attached hydrogen (secondary N) is 1. The SMILES string of the molecule is O=C1CN(C(=O)CN(c2cccc(C(F)(F)F)c2)S(=O)(=O)c2ccccc2)c2ccccc2N1. The second-order valence-corrected chi connectivity index (χ2v) is 9.28. The van der Waals surface area contributed by atoms with E-state index < -0.39 is 40.1 Å². The van der Waals surface area contributed by atoms with Gasteiger partial charge in [-0.25, -0.2) is 8.42 Å². The van der Waals surface area contributed by atoms with Gasteiger partial charge in [0, 0.05) is 0 Å². The number of sulfonamides is 1. The number of para-hydroxylation sites is 2. The summed E-state index contributed by atoms with van der Waals surface area (Å²) in [5, 5.41) is 2.62. The minimum atomic E-state index is -4.72. The molecule has 0 saturated heterocycles. The van der Waals surface area contributed by atoms with Gasteiger partial charge in [0.2, 0.25) is 11.8 Å². The minimum Gasteiger partial charge on any atom is -0.323 e. The summed E-state index contributed by atoms with van der Waals surface area (Å²) in [5.74, 6) is -1.26. The highest BCUT2D eigenvalue weighted by atomic mass is 32.2. The Balaban J connectivity index is 1.77. The molecule has 3 aromatic rings. The van der Waals surface area contributed by atoms with Gasteiger partial charge in [0.25, 0.3) is 10.0 Å². The largest absolute Gasteiger partial charge is 0.416 e. The van der Waals surface area contributed by atoms with E-state index >= 15 is 0 Å². The zero-order valence-corrected chi connectivity index (χ0v) is 18.3. The van der Waals surface area contributed by atoms with Crippen molar-refractivity contribution in [1.29, 1.82) is 0 Å². The molecule has 0 radical (unpaired) electrons. The Hall–Kier alpha value is -3.86.